The van der Waals surface area contributed by atoms with E-state index in [1.165, 1.54) is 5.56 Å². The van der Waals surface area contributed by atoms with Gasteiger partial charge in [-0.1, -0.05) is 46.3 Å². The zero-order valence-corrected chi connectivity index (χ0v) is 16.2. The van der Waals surface area contributed by atoms with E-state index in [0.29, 0.717) is 6.61 Å². The van der Waals surface area contributed by atoms with Gasteiger partial charge in [-0.15, -0.1) is 0 Å². The van der Waals surface area contributed by atoms with Gasteiger partial charge in [0, 0.05) is 30.0 Å². The van der Waals surface area contributed by atoms with E-state index in [9.17, 15) is 0 Å². The quantitative estimate of drug-likeness (QED) is 0.580. The van der Waals surface area contributed by atoms with Crippen LogP contribution in [0.15, 0.2) is 71.5 Å². The highest BCUT2D eigenvalue weighted by atomic mass is 79.9. The van der Waals surface area contributed by atoms with E-state index < -0.39 is 0 Å². The van der Waals surface area contributed by atoms with Crippen molar-refractivity contribution in [1.82, 2.24) is 10.3 Å². The zero-order valence-electron chi connectivity index (χ0n) is 14.6. The Kier molecular flexibility index (Phi) is 6.63. The highest BCUT2D eigenvalue weighted by molar-refractivity contribution is 9.10. The Bertz CT molecular complexity index is 826. The largest absolute Gasteiger partial charge is 0.493 e. The monoisotopic (exact) mass is 412 g/mol. The molecule has 0 amide bonds. The molecule has 1 aromatic heterocycles. The number of aromatic nitrogens is 1. The molecule has 4 nitrogen and oxygen atoms in total. The molecule has 2 aromatic carbocycles. The Morgan fingerprint density at radius 2 is 1.69 bits per heavy atom. The predicted molar refractivity (Wildman–Crippen MR) is 106 cm³/mol. The second-order valence-electron chi connectivity index (χ2n) is 5.83. The molecule has 0 radical (unpaired) electrons. The van der Waals surface area contributed by atoms with Crippen molar-refractivity contribution >= 4 is 15.9 Å². The summed E-state index contributed by atoms with van der Waals surface area (Å²) in [7, 11) is 1.66. The first-order valence-electron chi connectivity index (χ1n) is 8.39. The van der Waals surface area contributed by atoms with Crippen LogP contribution in [0, 0.1) is 0 Å². The molecule has 3 rings (SSSR count). The molecule has 0 aliphatic carbocycles. The van der Waals surface area contributed by atoms with Crippen molar-refractivity contribution in [1.29, 1.82) is 0 Å². The molecule has 5 heteroatoms. The Morgan fingerprint density at radius 3 is 2.42 bits per heavy atom. The molecule has 0 aliphatic heterocycles. The van der Waals surface area contributed by atoms with Gasteiger partial charge < -0.3 is 14.8 Å². The van der Waals surface area contributed by atoms with E-state index in [4.69, 9.17) is 9.47 Å². The number of hydrogen-bond donors (Lipinski definition) is 1. The minimum absolute atomic E-state index is 0.503. The van der Waals surface area contributed by atoms with Crippen LogP contribution in [0.2, 0.25) is 0 Å². The maximum atomic E-state index is 5.94. The van der Waals surface area contributed by atoms with Crippen LogP contribution in [-0.2, 0) is 19.7 Å². The van der Waals surface area contributed by atoms with Crippen molar-refractivity contribution in [2.24, 2.45) is 0 Å². The summed E-state index contributed by atoms with van der Waals surface area (Å²) in [6, 6.07) is 18.1. The molecule has 0 saturated carbocycles. The minimum Gasteiger partial charge on any atom is -0.493 e. The maximum absolute atomic E-state index is 5.94. The van der Waals surface area contributed by atoms with Crippen molar-refractivity contribution in [2.75, 3.05) is 7.11 Å². The second kappa shape index (κ2) is 9.36. The van der Waals surface area contributed by atoms with E-state index in [0.717, 1.165) is 40.2 Å². The first kappa shape index (κ1) is 18.4. The topological polar surface area (TPSA) is 43.4 Å². The van der Waals surface area contributed by atoms with Gasteiger partial charge in [0.1, 0.15) is 6.61 Å². The fraction of sp³-hybridized carbons (Fsp3) is 0.190. The molecule has 1 heterocycles. The molecule has 3 aromatic rings. The number of nitrogens with zero attached hydrogens (tertiary/aromatic N) is 1. The SMILES string of the molecule is COc1cc(CNCc2ccncc2)c(Br)cc1OCc1ccccc1. The average molecular weight is 413 g/mol. The van der Waals surface area contributed by atoms with Gasteiger partial charge in [0.2, 0.25) is 0 Å². The highest BCUT2D eigenvalue weighted by Gasteiger charge is 2.10. The van der Waals surface area contributed by atoms with E-state index in [2.05, 4.69) is 26.2 Å². The Labute approximate surface area is 162 Å². The van der Waals surface area contributed by atoms with Gasteiger partial charge in [-0.3, -0.25) is 4.98 Å². The van der Waals surface area contributed by atoms with Crippen LogP contribution < -0.4 is 14.8 Å². The van der Waals surface area contributed by atoms with Gasteiger partial charge in [0.25, 0.3) is 0 Å². The molecule has 0 unspecified atom stereocenters. The number of nitrogens with one attached hydrogen (secondary N) is 1. The average Bonchev–Trinajstić information content (AvgIpc) is 2.69. The van der Waals surface area contributed by atoms with Crippen molar-refractivity contribution < 1.29 is 9.47 Å². The lowest BCUT2D eigenvalue weighted by Gasteiger charge is -2.14. The lowest BCUT2D eigenvalue weighted by Crippen LogP contribution is -2.13. The number of rotatable bonds is 8. The second-order valence-corrected chi connectivity index (χ2v) is 6.68. The Balaban J connectivity index is 1.64. The van der Waals surface area contributed by atoms with Gasteiger partial charge in [-0.25, -0.2) is 0 Å². The molecule has 1 N–H and O–H groups in total. The smallest absolute Gasteiger partial charge is 0.162 e. The van der Waals surface area contributed by atoms with Crippen LogP contribution in [0.25, 0.3) is 0 Å². The standard InChI is InChI=1S/C21H21BrN2O2/c1-25-20-11-18(14-24-13-16-7-9-23-10-8-16)19(22)12-21(20)26-15-17-5-3-2-4-6-17/h2-12,24H,13-15H2,1H3. The Morgan fingerprint density at radius 1 is 0.923 bits per heavy atom. The fourth-order valence-electron chi connectivity index (χ4n) is 2.56. The summed E-state index contributed by atoms with van der Waals surface area (Å²) in [6.07, 6.45) is 3.60. The normalized spacial score (nSPS) is 10.5. The fourth-order valence-corrected chi connectivity index (χ4v) is 3.03. The van der Waals surface area contributed by atoms with Gasteiger partial charge >= 0.3 is 0 Å². The van der Waals surface area contributed by atoms with E-state index in [1.807, 2.05) is 54.6 Å². The molecule has 0 bridgehead atoms. The summed E-state index contributed by atoms with van der Waals surface area (Å²) in [4.78, 5) is 4.03. The third-order valence-electron chi connectivity index (χ3n) is 3.96. The molecular formula is C21H21BrN2O2. The van der Waals surface area contributed by atoms with Crippen molar-refractivity contribution in [3.8, 4) is 11.5 Å². The van der Waals surface area contributed by atoms with Gasteiger partial charge in [-0.2, -0.15) is 0 Å². The lowest BCUT2D eigenvalue weighted by atomic mass is 10.2. The molecule has 26 heavy (non-hydrogen) atoms. The number of halogens is 1. The lowest BCUT2D eigenvalue weighted by molar-refractivity contribution is 0.284. The molecule has 134 valence electrons. The van der Waals surface area contributed by atoms with Crippen LogP contribution >= 0.6 is 15.9 Å². The van der Waals surface area contributed by atoms with Crippen molar-refractivity contribution in [2.45, 2.75) is 19.7 Å². The van der Waals surface area contributed by atoms with E-state index in [-0.39, 0.29) is 0 Å². The number of ether oxygens (including phenoxy) is 2. The summed E-state index contributed by atoms with van der Waals surface area (Å²) in [5, 5.41) is 3.43. The molecular weight excluding hydrogens is 392 g/mol. The Hall–Kier alpha value is -2.37. The molecule has 0 fully saturated rings. The van der Waals surface area contributed by atoms with Gasteiger partial charge in [0.05, 0.1) is 7.11 Å². The zero-order chi connectivity index (χ0) is 18.2. The number of methoxy groups -OCH3 is 1. The maximum Gasteiger partial charge on any atom is 0.162 e. The number of pyridine rings is 1. The van der Waals surface area contributed by atoms with Crippen LogP contribution in [0.5, 0.6) is 11.5 Å². The number of benzene rings is 2. The molecule has 0 saturated heterocycles. The highest BCUT2D eigenvalue weighted by Crippen LogP contribution is 2.34. The molecule has 0 atom stereocenters. The first-order chi connectivity index (χ1) is 12.8. The molecule has 0 spiro atoms. The van der Waals surface area contributed by atoms with Gasteiger partial charge in [0.15, 0.2) is 11.5 Å². The van der Waals surface area contributed by atoms with E-state index in [1.54, 1.807) is 19.5 Å². The first-order valence-corrected chi connectivity index (χ1v) is 9.18. The summed E-state index contributed by atoms with van der Waals surface area (Å²) in [6.45, 7) is 2.01. The van der Waals surface area contributed by atoms with Crippen LogP contribution in [-0.4, -0.2) is 12.1 Å². The molecule has 0 aliphatic rings. The van der Waals surface area contributed by atoms with Crippen LogP contribution in [0.1, 0.15) is 16.7 Å². The third kappa shape index (κ3) is 5.07. The minimum atomic E-state index is 0.503. The van der Waals surface area contributed by atoms with E-state index >= 15 is 0 Å². The predicted octanol–water partition coefficient (Wildman–Crippen LogP) is 4.72. The summed E-state index contributed by atoms with van der Waals surface area (Å²) >= 11 is 3.64. The summed E-state index contributed by atoms with van der Waals surface area (Å²) in [5.41, 5.74) is 3.43. The van der Waals surface area contributed by atoms with Crippen molar-refractivity contribution in [3.63, 3.8) is 0 Å². The summed E-state index contributed by atoms with van der Waals surface area (Å²) in [5.74, 6) is 1.45. The van der Waals surface area contributed by atoms with Gasteiger partial charge in [-0.05, 0) is 41.0 Å². The number of hydrogen-bond acceptors (Lipinski definition) is 4. The van der Waals surface area contributed by atoms with Crippen LogP contribution in [0.3, 0.4) is 0 Å². The van der Waals surface area contributed by atoms with Crippen molar-refractivity contribution in [3.05, 3.63) is 88.2 Å². The van der Waals surface area contributed by atoms with Crippen LogP contribution in [0.4, 0.5) is 0 Å². The third-order valence-corrected chi connectivity index (χ3v) is 4.70. The summed E-state index contributed by atoms with van der Waals surface area (Å²) < 4.78 is 12.4.